The summed E-state index contributed by atoms with van der Waals surface area (Å²) in [6.07, 6.45) is 3.21. The Balaban J connectivity index is 2.13. The molecule has 2 heterocycles. The molecule has 5 nitrogen and oxygen atoms in total. The average molecular weight is 259 g/mol. The van der Waals surface area contributed by atoms with Crippen molar-refractivity contribution in [2.24, 2.45) is 7.05 Å². The molecule has 6 heteroatoms. The van der Waals surface area contributed by atoms with Gasteiger partial charge in [-0.05, 0) is 24.3 Å². The number of aromatic carboxylic acids is 1. The lowest BCUT2D eigenvalue weighted by atomic mass is 10.2. The Hall–Kier alpha value is -2.63. The van der Waals surface area contributed by atoms with Gasteiger partial charge < -0.3 is 9.67 Å². The van der Waals surface area contributed by atoms with Crippen LogP contribution in [-0.4, -0.2) is 25.0 Å². The zero-order valence-corrected chi connectivity index (χ0v) is 10.0. The summed E-state index contributed by atoms with van der Waals surface area (Å²) in [5.74, 6) is -0.784. The number of aromatic nitrogens is 3. The van der Waals surface area contributed by atoms with E-state index in [1.54, 1.807) is 29.8 Å². The van der Waals surface area contributed by atoms with Crippen LogP contribution < -0.4 is 0 Å². The van der Waals surface area contributed by atoms with Gasteiger partial charge in [-0.25, -0.2) is 14.2 Å². The highest BCUT2D eigenvalue weighted by atomic mass is 19.1. The van der Waals surface area contributed by atoms with Crippen LogP contribution in [-0.2, 0) is 7.05 Å². The number of carbonyl (C=O) groups is 1. The number of nitrogens with zero attached hydrogens (tertiary/aromatic N) is 3. The topological polar surface area (TPSA) is 59.5 Å². The first-order valence-corrected chi connectivity index (χ1v) is 5.60. The minimum absolute atomic E-state index is 0.160. The summed E-state index contributed by atoms with van der Waals surface area (Å²) in [6.45, 7) is 0. The molecule has 0 unspecified atom stereocenters. The second-order valence-corrected chi connectivity index (χ2v) is 4.22. The Morgan fingerprint density at radius 1 is 1.26 bits per heavy atom. The highest BCUT2D eigenvalue weighted by molar-refractivity contribution is 5.86. The van der Waals surface area contributed by atoms with Crippen molar-refractivity contribution in [2.75, 3.05) is 0 Å². The van der Waals surface area contributed by atoms with E-state index >= 15 is 0 Å². The van der Waals surface area contributed by atoms with Gasteiger partial charge >= 0.3 is 5.97 Å². The maximum Gasteiger partial charge on any atom is 0.354 e. The molecule has 0 bridgehead atoms. The lowest BCUT2D eigenvalue weighted by molar-refractivity contribution is 0.0686. The molecule has 0 radical (unpaired) electrons. The van der Waals surface area contributed by atoms with Gasteiger partial charge in [-0.1, -0.05) is 0 Å². The monoisotopic (exact) mass is 259 g/mol. The van der Waals surface area contributed by atoms with Crippen molar-refractivity contribution >= 4 is 11.7 Å². The van der Waals surface area contributed by atoms with E-state index in [2.05, 4.69) is 4.98 Å². The maximum absolute atomic E-state index is 12.9. The summed E-state index contributed by atoms with van der Waals surface area (Å²) in [5, 5.41) is 9.00. The fraction of sp³-hybridized carbons (Fsp3) is 0.0769. The molecular formula is C13H10FN3O2. The van der Waals surface area contributed by atoms with Gasteiger partial charge in [0.2, 0.25) is 5.78 Å². The SMILES string of the molecule is Cn1c(C(=O)O)cn2cc(-c3ccc(F)cc3)nc12. The second kappa shape index (κ2) is 3.94. The van der Waals surface area contributed by atoms with Crippen molar-refractivity contribution in [2.45, 2.75) is 0 Å². The first-order chi connectivity index (χ1) is 9.06. The molecule has 3 rings (SSSR count). The molecule has 1 N–H and O–H groups in total. The molecule has 0 aliphatic rings. The number of rotatable bonds is 2. The predicted octanol–water partition coefficient (Wildman–Crippen LogP) is 2.18. The number of hydrogen-bond acceptors (Lipinski definition) is 2. The molecule has 0 aliphatic carbocycles. The highest BCUT2D eigenvalue weighted by Crippen LogP contribution is 2.20. The Labute approximate surface area is 107 Å². The number of halogens is 1. The Kier molecular flexibility index (Phi) is 2.38. The maximum atomic E-state index is 12.9. The zero-order chi connectivity index (χ0) is 13.6. The first-order valence-electron chi connectivity index (χ1n) is 5.60. The molecule has 1 aromatic carbocycles. The lowest BCUT2D eigenvalue weighted by Crippen LogP contribution is -2.04. The smallest absolute Gasteiger partial charge is 0.354 e. The summed E-state index contributed by atoms with van der Waals surface area (Å²) in [4.78, 5) is 15.3. The normalized spacial score (nSPS) is 11.1. The van der Waals surface area contributed by atoms with E-state index in [-0.39, 0.29) is 11.5 Å². The van der Waals surface area contributed by atoms with E-state index in [4.69, 9.17) is 5.11 Å². The van der Waals surface area contributed by atoms with Gasteiger partial charge in [0.15, 0.2) is 0 Å². The third kappa shape index (κ3) is 1.77. The Morgan fingerprint density at radius 2 is 1.95 bits per heavy atom. The van der Waals surface area contributed by atoms with E-state index < -0.39 is 5.97 Å². The molecule has 3 aromatic rings. The molecule has 19 heavy (non-hydrogen) atoms. The minimum Gasteiger partial charge on any atom is -0.477 e. The summed E-state index contributed by atoms with van der Waals surface area (Å²) in [6, 6.07) is 5.99. The minimum atomic E-state index is -1.00. The van der Waals surface area contributed by atoms with E-state index in [9.17, 15) is 9.18 Å². The molecule has 0 saturated heterocycles. The summed E-state index contributed by atoms with van der Waals surface area (Å²) >= 11 is 0. The predicted molar refractivity (Wildman–Crippen MR) is 66.5 cm³/mol. The first kappa shape index (κ1) is 11.5. The van der Waals surface area contributed by atoms with Crippen molar-refractivity contribution in [3.63, 3.8) is 0 Å². The van der Waals surface area contributed by atoms with Crippen LogP contribution in [0.3, 0.4) is 0 Å². The number of imidazole rings is 2. The fourth-order valence-electron chi connectivity index (χ4n) is 2.01. The quantitative estimate of drug-likeness (QED) is 0.767. The van der Waals surface area contributed by atoms with E-state index in [1.807, 2.05) is 0 Å². The van der Waals surface area contributed by atoms with Gasteiger partial charge in [0.1, 0.15) is 11.5 Å². The molecule has 96 valence electrons. The van der Waals surface area contributed by atoms with Crippen LogP contribution in [0.15, 0.2) is 36.7 Å². The lowest BCUT2D eigenvalue weighted by Gasteiger charge is -1.97. The molecular weight excluding hydrogens is 249 g/mol. The Morgan fingerprint density at radius 3 is 2.53 bits per heavy atom. The molecule has 0 spiro atoms. The number of carboxylic acids is 1. The Bertz CT molecular complexity index is 771. The van der Waals surface area contributed by atoms with E-state index in [1.165, 1.54) is 22.9 Å². The van der Waals surface area contributed by atoms with Crippen LogP contribution >= 0.6 is 0 Å². The van der Waals surface area contributed by atoms with Crippen LogP contribution in [0.25, 0.3) is 17.0 Å². The van der Waals surface area contributed by atoms with Crippen molar-refractivity contribution in [1.29, 1.82) is 0 Å². The van der Waals surface area contributed by atoms with Crippen molar-refractivity contribution in [1.82, 2.24) is 14.0 Å². The van der Waals surface area contributed by atoms with Gasteiger partial charge in [-0.15, -0.1) is 0 Å². The van der Waals surface area contributed by atoms with Gasteiger partial charge in [0, 0.05) is 25.0 Å². The van der Waals surface area contributed by atoms with Crippen LogP contribution in [0.5, 0.6) is 0 Å². The third-order valence-electron chi connectivity index (χ3n) is 2.99. The van der Waals surface area contributed by atoms with Crippen molar-refractivity contribution < 1.29 is 14.3 Å². The molecule has 0 saturated carbocycles. The number of hydrogen-bond donors (Lipinski definition) is 1. The summed E-state index contributed by atoms with van der Waals surface area (Å²) in [7, 11) is 1.64. The van der Waals surface area contributed by atoms with E-state index in [0.29, 0.717) is 11.5 Å². The van der Waals surface area contributed by atoms with Crippen LogP contribution in [0.4, 0.5) is 4.39 Å². The zero-order valence-electron chi connectivity index (χ0n) is 10.0. The number of benzene rings is 1. The van der Waals surface area contributed by atoms with Crippen LogP contribution in [0, 0.1) is 5.82 Å². The average Bonchev–Trinajstić information content (AvgIpc) is 2.90. The summed E-state index contributed by atoms with van der Waals surface area (Å²) < 4.78 is 16.0. The number of fused-ring (bicyclic) bond motifs is 1. The molecule has 0 aliphatic heterocycles. The fourth-order valence-corrected chi connectivity index (χ4v) is 2.01. The third-order valence-corrected chi connectivity index (χ3v) is 2.99. The number of aryl methyl sites for hydroxylation is 1. The van der Waals surface area contributed by atoms with Gasteiger partial charge in [0.25, 0.3) is 0 Å². The molecule has 2 aromatic heterocycles. The van der Waals surface area contributed by atoms with Gasteiger partial charge in [-0.2, -0.15) is 0 Å². The highest BCUT2D eigenvalue weighted by Gasteiger charge is 2.15. The largest absolute Gasteiger partial charge is 0.477 e. The van der Waals surface area contributed by atoms with Gasteiger partial charge in [-0.3, -0.25) is 4.40 Å². The second-order valence-electron chi connectivity index (χ2n) is 4.22. The van der Waals surface area contributed by atoms with Crippen molar-refractivity contribution in [3.8, 4) is 11.3 Å². The van der Waals surface area contributed by atoms with Crippen molar-refractivity contribution in [3.05, 3.63) is 48.2 Å². The molecule has 0 fully saturated rings. The molecule has 0 amide bonds. The van der Waals surface area contributed by atoms with Gasteiger partial charge in [0.05, 0.1) is 5.69 Å². The number of carboxylic acid groups (broad SMARTS) is 1. The molecule has 0 atom stereocenters. The van der Waals surface area contributed by atoms with Crippen LogP contribution in [0.2, 0.25) is 0 Å². The summed E-state index contributed by atoms with van der Waals surface area (Å²) in [5.41, 5.74) is 1.61. The van der Waals surface area contributed by atoms with Crippen LogP contribution in [0.1, 0.15) is 10.5 Å². The van der Waals surface area contributed by atoms with E-state index in [0.717, 1.165) is 5.56 Å². The standard InChI is InChI=1S/C13H10FN3O2/c1-16-11(12(18)19)7-17-6-10(15-13(16)17)8-2-4-9(14)5-3-8/h2-7H,1H3,(H,18,19).